The van der Waals surface area contributed by atoms with Gasteiger partial charge in [0.05, 0.1) is 12.3 Å². The Balaban J connectivity index is 2.99. The molecule has 4 nitrogen and oxygen atoms in total. The van der Waals surface area contributed by atoms with Gasteiger partial charge in [0.2, 0.25) is 0 Å². The van der Waals surface area contributed by atoms with E-state index >= 15 is 0 Å². The van der Waals surface area contributed by atoms with Gasteiger partial charge in [-0.3, -0.25) is 9.78 Å². The van der Waals surface area contributed by atoms with Crippen molar-refractivity contribution in [3.05, 3.63) is 24.0 Å². The van der Waals surface area contributed by atoms with Crippen LogP contribution >= 0.6 is 0 Å². The van der Waals surface area contributed by atoms with Crippen molar-refractivity contribution in [2.24, 2.45) is 11.1 Å². The van der Waals surface area contributed by atoms with Gasteiger partial charge in [-0.05, 0) is 26.3 Å². The number of carbonyl (C=O) groups excluding carboxylic acids is 1. The van der Waals surface area contributed by atoms with Gasteiger partial charge in [-0.25, -0.2) is 0 Å². The molecule has 1 aromatic heterocycles. The summed E-state index contributed by atoms with van der Waals surface area (Å²) >= 11 is 0. The minimum Gasteiger partial charge on any atom is -0.489 e. The van der Waals surface area contributed by atoms with E-state index in [2.05, 4.69) is 4.98 Å². The Morgan fingerprint density at radius 1 is 1.50 bits per heavy atom. The predicted molar refractivity (Wildman–Crippen MR) is 71.8 cm³/mol. The first-order chi connectivity index (χ1) is 8.42. The van der Waals surface area contributed by atoms with Crippen LogP contribution in [0.3, 0.4) is 0 Å². The van der Waals surface area contributed by atoms with Gasteiger partial charge >= 0.3 is 0 Å². The SMILES string of the molecule is CCC(C)(CN)C(=O)c1cncc(OC(C)C)c1. The number of ketones is 1. The molecule has 0 aliphatic carbocycles. The third-order valence-electron chi connectivity index (χ3n) is 3.13. The first-order valence-electron chi connectivity index (χ1n) is 6.29. The molecule has 1 atom stereocenters. The van der Waals surface area contributed by atoms with Crippen LogP contribution in [-0.4, -0.2) is 23.4 Å². The Kier molecular flexibility index (Phi) is 4.84. The third-order valence-corrected chi connectivity index (χ3v) is 3.13. The standard InChI is InChI=1S/C14H22N2O2/c1-5-14(4,9-15)13(17)11-6-12(8-16-7-11)18-10(2)3/h6-8,10H,5,9,15H2,1-4H3. The molecule has 1 rings (SSSR count). The minimum absolute atomic E-state index is 0.0224. The summed E-state index contributed by atoms with van der Waals surface area (Å²) in [6, 6.07) is 1.74. The molecule has 0 saturated carbocycles. The number of ether oxygens (including phenoxy) is 1. The van der Waals surface area contributed by atoms with Crippen molar-refractivity contribution in [3.8, 4) is 5.75 Å². The molecule has 4 heteroatoms. The Bertz CT molecular complexity index is 412. The number of rotatable bonds is 6. The van der Waals surface area contributed by atoms with Gasteiger partial charge in [0.25, 0.3) is 0 Å². The highest BCUT2D eigenvalue weighted by Gasteiger charge is 2.30. The van der Waals surface area contributed by atoms with E-state index in [-0.39, 0.29) is 11.9 Å². The summed E-state index contributed by atoms with van der Waals surface area (Å²) in [5, 5.41) is 0. The number of carbonyl (C=O) groups is 1. The van der Waals surface area contributed by atoms with Crippen LogP contribution in [0.2, 0.25) is 0 Å². The second kappa shape index (κ2) is 5.96. The molecule has 18 heavy (non-hydrogen) atoms. The number of pyridine rings is 1. The maximum atomic E-state index is 12.4. The molecule has 0 radical (unpaired) electrons. The minimum atomic E-state index is -0.530. The van der Waals surface area contributed by atoms with Crippen LogP contribution in [0.4, 0.5) is 0 Å². The summed E-state index contributed by atoms with van der Waals surface area (Å²) in [5.74, 6) is 0.639. The van der Waals surface area contributed by atoms with E-state index in [1.54, 1.807) is 18.5 Å². The Morgan fingerprint density at radius 2 is 2.17 bits per heavy atom. The van der Waals surface area contributed by atoms with Crippen LogP contribution in [0.5, 0.6) is 5.75 Å². The Hall–Kier alpha value is -1.42. The first-order valence-corrected chi connectivity index (χ1v) is 6.29. The number of hydrogen-bond donors (Lipinski definition) is 1. The van der Waals surface area contributed by atoms with Gasteiger partial charge < -0.3 is 10.5 Å². The summed E-state index contributed by atoms with van der Waals surface area (Å²) in [5.41, 5.74) is 5.73. The molecule has 1 heterocycles. The van der Waals surface area contributed by atoms with E-state index in [1.165, 1.54) is 0 Å². The molecule has 0 fully saturated rings. The average Bonchev–Trinajstić information content (AvgIpc) is 2.36. The van der Waals surface area contributed by atoms with Gasteiger partial charge in [0.15, 0.2) is 5.78 Å². The van der Waals surface area contributed by atoms with Crippen molar-refractivity contribution in [3.63, 3.8) is 0 Å². The molecule has 0 bridgehead atoms. The zero-order chi connectivity index (χ0) is 13.8. The van der Waals surface area contributed by atoms with Gasteiger partial charge in [0.1, 0.15) is 5.75 Å². The molecular weight excluding hydrogens is 228 g/mol. The highest BCUT2D eigenvalue weighted by Crippen LogP contribution is 2.26. The van der Waals surface area contributed by atoms with Crippen LogP contribution in [0, 0.1) is 5.41 Å². The number of Topliss-reactive ketones (excluding diaryl/α,β-unsaturated/α-hetero) is 1. The fraction of sp³-hybridized carbons (Fsp3) is 0.571. The topological polar surface area (TPSA) is 65.2 Å². The molecule has 1 aromatic rings. The lowest BCUT2D eigenvalue weighted by Gasteiger charge is -2.24. The van der Waals surface area contributed by atoms with Crippen molar-refractivity contribution in [2.45, 2.75) is 40.2 Å². The van der Waals surface area contributed by atoms with Gasteiger partial charge in [0, 0.05) is 23.7 Å². The van der Waals surface area contributed by atoms with Crippen LogP contribution in [0.15, 0.2) is 18.5 Å². The highest BCUT2D eigenvalue weighted by atomic mass is 16.5. The van der Waals surface area contributed by atoms with Crippen molar-refractivity contribution >= 4 is 5.78 Å². The van der Waals surface area contributed by atoms with Crippen molar-refractivity contribution in [1.29, 1.82) is 0 Å². The van der Waals surface area contributed by atoms with E-state index < -0.39 is 5.41 Å². The first kappa shape index (κ1) is 14.6. The number of nitrogens with zero attached hydrogens (tertiary/aromatic N) is 1. The average molecular weight is 250 g/mol. The molecule has 0 aliphatic rings. The normalized spacial score (nSPS) is 14.3. The molecule has 2 N–H and O–H groups in total. The van der Waals surface area contributed by atoms with E-state index in [9.17, 15) is 4.79 Å². The van der Waals surface area contributed by atoms with E-state index in [4.69, 9.17) is 10.5 Å². The molecule has 0 spiro atoms. The van der Waals surface area contributed by atoms with Crippen molar-refractivity contribution < 1.29 is 9.53 Å². The van der Waals surface area contributed by atoms with E-state index in [1.807, 2.05) is 27.7 Å². The summed E-state index contributed by atoms with van der Waals surface area (Å²) in [6.07, 6.45) is 3.95. The van der Waals surface area contributed by atoms with Crippen molar-refractivity contribution in [2.75, 3.05) is 6.54 Å². The summed E-state index contributed by atoms with van der Waals surface area (Å²) in [4.78, 5) is 16.4. The zero-order valence-electron chi connectivity index (χ0n) is 11.6. The molecule has 1 unspecified atom stereocenters. The van der Waals surface area contributed by atoms with Gasteiger partial charge in [-0.1, -0.05) is 13.8 Å². The molecule has 0 amide bonds. The molecule has 0 aromatic carbocycles. The fourth-order valence-corrected chi connectivity index (χ4v) is 1.63. The highest BCUT2D eigenvalue weighted by molar-refractivity contribution is 6.00. The quantitative estimate of drug-likeness (QED) is 0.787. The number of nitrogens with two attached hydrogens (primary N) is 1. The second-order valence-corrected chi connectivity index (χ2v) is 5.02. The zero-order valence-corrected chi connectivity index (χ0v) is 11.6. The smallest absolute Gasteiger partial charge is 0.171 e. The molecule has 0 saturated heterocycles. The molecule has 100 valence electrons. The lowest BCUT2D eigenvalue weighted by molar-refractivity contribution is 0.0819. The largest absolute Gasteiger partial charge is 0.489 e. The summed E-state index contributed by atoms with van der Waals surface area (Å²) < 4.78 is 5.54. The van der Waals surface area contributed by atoms with Crippen molar-refractivity contribution in [1.82, 2.24) is 4.98 Å². The Labute approximate surface area is 109 Å². The Morgan fingerprint density at radius 3 is 2.67 bits per heavy atom. The number of aromatic nitrogens is 1. The van der Waals surface area contributed by atoms with Crippen LogP contribution < -0.4 is 10.5 Å². The summed E-state index contributed by atoms with van der Waals surface area (Å²) in [6.45, 7) is 8.05. The fourth-order valence-electron chi connectivity index (χ4n) is 1.63. The summed E-state index contributed by atoms with van der Waals surface area (Å²) in [7, 11) is 0. The predicted octanol–water partition coefficient (Wildman–Crippen LogP) is 2.43. The monoisotopic (exact) mass is 250 g/mol. The lowest BCUT2D eigenvalue weighted by atomic mass is 9.80. The van der Waals surface area contributed by atoms with Crippen LogP contribution in [0.1, 0.15) is 44.5 Å². The maximum Gasteiger partial charge on any atom is 0.171 e. The van der Waals surface area contributed by atoms with Gasteiger partial charge in [-0.15, -0.1) is 0 Å². The number of hydrogen-bond acceptors (Lipinski definition) is 4. The maximum absolute atomic E-state index is 12.4. The van der Waals surface area contributed by atoms with Crippen LogP contribution in [-0.2, 0) is 0 Å². The molecule has 0 aliphatic heterocycles. The third kappa shape index (κ3) is 3.29. The second-order valence-electron chi connectivity index (χ2n) is 5.02. The van der Waals surface area contributed by atoms with Crippen LogP contribution in [0.25, 0.3) is 0 Å². The van der Waals surface area contributed by atoms with Gasteiger partial charge in [-0.2, -0.15) is 0 Å². The molecular formula is C14H22N2O2. The lowest BCUT2D eigenvalue weighted by Crippen LogP contribution is -2.35. The van der Waals surface area contributed by atoms with E-state index in [0.717, 1.165) is 0 Å². The van der Waals surface area contributed by atoms with E-state index in [0.29, 0.717) is 24.3 Å².